The number of nitrogens with one attached hydrogen (secondary N) is 1. The highest BCUT2D eigenvalue weighted by Crippen LogP contribution is 2.09. The lowest BCUT2D eigenvalue weighted by Crippen LogP contribution is -2.38. The van der Waals surface area contributed by atoms with E-state index in [-0.39, 0.29) is 0 Å². The van der Waals surface area contributed by atoms with Gasteiger partial charge in [-0.05, 0) is 25.5 Å². The van der Waals surface area contributed by atoms with Crippen molar-refractivity contribution in [1.82, 2.24) is 10.3 Å². The molecule has 1 saturated heterocycles. The maximum absolute atomic E-state index is 5.57. The molecule has 0 amide bonds. The minimum Gasteiger partial charge on any atom is -0.476 e. The van der Waals surface area contributed by atoms with Gasteiger partial charge >= 0.3 is 0 Å². The van der Waals surface area contributed by atoms with E-state index in [1.807, 2.05) is 18.2 Å². The predicted molar refractivity (Wildman–Crippen MR) is 55.4 cm³/mol. The van der Waals surface area contributed by atoms with E-state index in [0.717, 1.165) is 19.0 Å². The molecule has 0 bridgehead atoms. The number of rotatable bonds is 3. The monoisotopic (exact) mass is 192 g/mol. The number of nitrogens with zero attached hydrogens (tertiary/aromatic N) is 1. The Morgan fingerprint density at radius 2 is 2.43 bits per heavy atom. The fourth-order valence-electron chi connectivity index (χ4n) is 1.68. The van der Waals surface area contributed by atoms with Crippen LogP contribution in [0.3, 0.4) is 0 Å². The van der Waals surface area contributed by atoms with Gasteiger partial charge in [0, 0.05) is 18.3 Å². The van der Waals surface area contributed by atoms with E-state index in [9.17, 15) is 0 Å². The van der Waals surface area contributed by atoms with Gasteiger partial charge in [0.25, 0.3) is 0 Å². The van der Waals surface area contributed by atoms with Crippen LogP contribution in [0.25, 0.3) is 0 Å². The van der Waals surface area contributed by atoms with Crippen molar-refractivity contribution < 1.29 is 4.74 Å². The number of piperidine rings is 1. The Morgan fingerprint density at radius 1 is 1.43 bits per heavy atom. The van der Waals surface area contributed by atoms with Crippen LogP contribution >= 0.6 is 0 Å². The van der Waals surface area contributed by atoms with E-state index < -0.39 is 0 Å². The Balaban J connectivity index is 1.76. The van der Waals surface area contributed by atoms with Gasteiger partial charge in [0.15, 0.2) is 0 Å². The number of hydrogen-bond acceptors (Lipinski definition) is 3. The molecule has 2 heterocycles. The van der Waals surface area contributed by atoms with Crippen LogP contribution in [-0.4, -0.2) is 24.2 Å². The van der Waals surface area contributed by atoms with Gasteiger partial charge in [0.1, 0.15) is 6.61 Å². The molecule has 1 aliphatic heterocycles. The van der Waals surface area contributed by atoms with Gasteiger partial charge in [0.2, 0.25) is 5.88 Å². The molecule has 3 nitrogen and oxygen atoms in total. The second-order valence-electron chi connectivity index (χ2n) is 3.63. The third-order valence-electron chi connectivity index (χ3n) is 2.48. The molecule has 0 unspecified atom stereocenters. The summed E-state index contributed by atoms with van der Waals surface area (Å²) >= 11 is 0. The molecule has 1 N–H and O–H groups in total. The zero-order valence-electron chi connectivity index (χ0n) is 8.28. The first-order valence-corrected chi connectivity index (χ1v) is 5.22. The molecule has 0 saturated carbocycles. The third kappa shape index (κ3) is 2.70. The standard InChI is InChI=1S/C11H16N2O/c1-3-7-12-10(5-1)9-14-11-6-2-4-8-13-11/h2,4,6,8,10,12H,1,3,5,7,9H2/t10-/m1/s1. The number of ether oxygens (including phenoxy) is 1. The molecule has 3 heteroatoms. The van der Waals surface area contributed by atoms with E-state index in [0.29, 0.717) is 6.04 Å². The number of pyridine rings is 1. The van der Waals surface area contributed by atoms with E-state index in [2.05, 4.69) is 10.3 Å². The van der Waals surface area contributed by atoms with E-state index >= 15 is 0 Å². The van der Waals surface area contributed by atoms with Gasteiger partial charge in [-0.15, -0.1) is 0 Å². The quantitative estimate of drug-likeness (QED) is 0.790. The van der Waals surface area contributed by atoms with Crippen molar-refractivity contribution in [1.29, 1.82) is 0 Å². The van der Waals surface area contributed by atoms with E-state index in [1.54, 1.807) is 6.20 Å². The van der Waals surface area contributed by atoms with Gasteiger partial charge < -0.3 is 10.1 Å². The molecule has 1 aromatic rings. The van der Waals surface area contributed by atoms with Crippen LogP contribution in [-0.2, 0) is 0 Å². The van der Waals surface area contributed by atoms with Crippen LogP contribution in [0.5, 0.6) is 5.88 Å². The lowest BCUT2D eigenvalue weighted by molar-refractivity contribution is 0.232. The molecular weight excluding hydrogens is 176 g/mol. The predicted octanol–water partition coefficient (Wildman–Crippen LogP) is 1.60. The van der Waals surface area contributed by atoms with Crippen LogP contribution in [0.1, 0.15) is 19.3 Å². The van der Waals surface area contributed by atoms with Crippen LogP contribution in [0, 0.1) is 0 Å². The Kier molecular flexibility index (Phi) is 3.35. The Labute approximate surface area is 84.5 Å². The molecule has 1 atom stereocenters. The van der Waals surface area contributed by atoms with E-state index in [4.69, 9.17) is 4.74 Å². The van der Waals surface area contributed by atoms with Gasteiger partial charge in [-0.1, -0.05) is 12.5 Å². The van der Waals surface area contributed by atoms with Crippen molar-refractivity contribution in [3.63, 3.8) is 0 Å². The third-order valence-corrected chi connectivity index (χ3v) is 2.48. The second-order valence-corrected chi connectivity index (χ2v) is 3.63. The summed E-state index contributed by atoms with van der Waals surface area (Å²) in [4.78, 5) is 4.11. The topological polar surface area (TPSA) is 34.1 Å². The minimum absolute atomic E-state index is 0.505. The fraction of sp³-hybridized carbons (Fsp3) is 0.545. The Bertz CT molecular complexity index is 257. The van der Waals surface area contributed by atoms with Crippen molar-refractivity contribution in [2.45, 2.75) is 25.3 Å². The van der Waals surface area contributed by atoms with Crippen molar-refractivity contribution >= 4 is 0 Å². The Morgan fingerprint density at radius 3 is 3.14 bits per heavy atom. The number of hydrogen-bond donors (Lipinski definition) is 1. The van der Waals surface area contributed by atoms with E-state index in [1.165, 1.54) is 19.3 Å². The lowest BCUT2D eigenvalue weighted by atomic mass is 10.1. The highest BCUT2D eigenvalue weighted by molar-refractivity contribution is 5.09. The van der Waals surface area contributed by atoms with Crippen LogP contribution in [0.4, 0.5) is 0 Å². The first kappa shape index (κ1) is 9.46. The maximum atomic E-state index is 5.57. The first-order valence-electron chi connectivity index (χ1n) is 5.22. The molecule has 0 spiro atoms. The molecular formula is C11H16N2O. The van der Waals surface area contributed by atoms with Crippen LogP contribution < -0.4 is 10.1 Å². The summed E-state index contributed by atoms with van der Waals surface area (Å²) in [5.74, 6) is 0.722. The van der Waals surface area contributed by atoms with Gasteiger partial charge in [-0.25, -0.2) is 4.98 Å². The second kappa shape index (κ2) is 4.96. The molecule has 0 aliphatic carbocycles. The van der Waals surface area contributed by atoms with Gasteiger partial charge in [-0.3, -0.25) is 0 Å². The summed E-state index contributed by atoms with van der Waals surface area (Å²) in [5.41, 5.74) is 0. The van der Waals surface area contributed by atoms with Gasteiger partial charge in [0.05, 0.1) is 0 Å². The van der Waals surface area contributed by atoms with Crippen molar-refractivity contribution in [3.8, 4) is 5.88 Å². The first-order chi connectivity index (χ1) is 6.95. The fourth-order valence-corrected chi connectivity index (χ4v) is 1.68. The molecule has 76 valence electrons. The number of aromatic nitrogens is 1. The largest absolute Gasteiger partial charge is 0.476 e. The van der Waals surface area contributed by atoms with Crippen molar-refractivity contribution in [2.75, 3.05) is 13.2 Å². The molecule has 0 radical (unpaired) electrons. The van der Waals surface area contributed by atoms with Crippen LogP contribution in [0.15, 0.2) is 24.4 Å². The molecule has 14 heavy (non-hydrogen) atoms. The summed E-state index contributed by atoms with van der Waals surface area (Å²) in [6, 6.07) is 6.23. The average molecular weight is 192 g/mol. The summed E-state index contributed by atoms with van der Waals surface area (Å²) < 4.78 is 5.57. The zero-order chi connectivity index (χ0) is 9.64. The van der Waals surface area contributed by atoms with Crippen LogP contribution in [0.2, 0.25) is 0 Å². The molecule has 1 aromatic heterocycles. The molecule has 0 aromatic carbocycles. The average Bonchev–Trinajstić information content (AvgIpc) is 2.29. The summed E-state index contributed by atoms with van der Waals surface area (Å²) in [7, 11) is 0. The van der Waals surface area contributed by atoms with Gasteiger partial charge in [-0.2, -0.15) is 0 Å². The SMILES string of the molecule is c1ccc(OC[C@H]2CCCCN2)nc1. The highest BCUT2D eigenvalue weighted by atomic mass is 16.5. The summed E-state index contributed by atoms with van der Waals surface area (Å²) in [6.45, 7) is 1.85. The van der Waals surface area contributed by atoms with Crippen molar-refractivity contribution in [3.05, 3.63) is 24.4 Å². The normalized spacial score (nSPS) is 21.9. The smallest absolute Gasteiger partial charge is 0.213 e. The minimum atomic E-state index is 0.505. The molecule has 1 aliphatic rings. The summed E-state index contributed by atoms with van der Waals surface area (Å²) in [5, 5.41) is 3.44. The molecule has 2 rings (SSSR count). The summed E-state index contributed by atoms with van der Waals surface area (Å²) in [6.07, 6.45) is 5.57. The zero-order valence-corrected chi connectivity index (χ0v) is 8.28. The van der Waals surface area contributed by atoms with Crippen molar-refractivity contribution in [2.24, 2.45) is 0 Å². The molecule has 1 fully saturated rings. The maximum Gasteiger partial charge on any atom is 0.213 e. The Hall–Kier alpha value is -1.09. The highest BCUT2D eigenvalue weighted by Gasteiger charge is 2.12. The lowest BCUT2D eigenvalue weighted by Gasteiger charge is -2.23.